The van der Waals surface area contributed by atoms with Gasteiger partial charge in [0.25, 0.3) is 5.91 Å². The molecule has 0 aliphatic carbocycles. The Morgan fingerprint density at radius 1 is 1.27 bits per heavy atom. The standard InChI is InChI=1S/C22H36N4O6S/c1-7-10-23-22(28)24-17-8-9-18-19(11-17)32-14-16(3)26(33(6,29)30)12-15(2)20(31-5)13-25(4)21(18)27/h8-9,11,15-16,20H,7,10,12-14H2,1-6H3,(H2,23,24,28)/t15-,16+,20-/m1/s1. The Bertz CT molecular complexity index is 939. The van der Waals surface area contributed by atoms with Crippen molar-refractivity contribution in [3.63, 3.8) is 0 Å². The first-order valence-corrected chi connectivity index (χ1v) is 12.9. The number of likely N-dealkylation sites (N-methyl/N-ethyl adjacent to an activating group) is 1. The van der Waals surface area contributed by atoms with Crippen LogP contribution in [0.15, 0.2) is 18.2 Å². The molecule has 33 heavy (non-hydrogen) atoms. The van der Waals surface area contributed by atoms with E-state index in [1.807, 2.05) is 13.8 Å². The summed E-state index contributed by atoms with van der Waals surface area (Å²) in [6.07, 6.45) is 1.62. The number of carbonyl (C=O) groups excluding carboxylic acids is 2. The van der Waals surface area contributed by atoms with Crippen molar-refractivity contribution in [2.75, 3.05) is 52.0 Å². The Morgan fingerprint density at radius 3 is 2.58 bits per heavy atom. The average Bonchev–Trinajstić information content (AvgIpc) is 2.75. The Morgan fingerprint density at radius 2 is 1.97 bits per heavy atom. The molecular formula is C22H36N4O6S. The first-order chi connectivity index (χ1) is 15.5. The molecule has 0 saturated heterocycles. The number of nitrogens with zero attached hydrogens (tertiary/aromatic N) is 2. The summed E-state index contributed by atoms with van der Waals surface area (Å²) in [5, 5.41) is 5.45. The number of amides is 3. The molecule has 3 atom stereocenters. The van der Waals surface area contributed by atoms with Gasteiger partial charge in [0.05, 0.1) is 24.0 Å². The van der Waals surface area contributed by atoms with Crippen LogP contribution in [0, 0.1) is 5.92 Å². The number of ether oxygens (including phenoxy) is 2. The molecule has 3 amide bonds. The van der Waals surface area contributed by atoms with Crippen molar-refractivity contribution >= 4 is 27.6 Å². The molecule has 0 bridgehead atoms. The summed E-state index contributed by atoms with van der Waals surface area (Å²) < 4.78 is 37.9. The van der Waals surface area contributed by atoms with Crippen LogP contribution in [0.1, 0.15) is 37.6 Å². The second-order valence-corrected chi connectivity index (χ2v) is 10.5. The van der Waals surface area contributed by atoms with E-state index in [0.717, 1.165) is 6.42 Å². The highest BCUT2D eigenvalue weighted by atomic mass is 32.2. The fraction of sp³-hybridized carbons (Fsp3) is 0.636. The van der Waals surface area contributed by atoms with Gasteiger partial charge in [0.15, 0.2) is 0 Å². The first kappa shape index (κ1) is 26.9. The summed E-state index contributed by atoms with van der Waals surface area (Å²) in [6.45, 7) is 6.70. The van der Waals surface area contributed by atoms with Gasteiger partial charge in [-0.05, 0) is 31.4 Å². The normalized spacial score (nSPS) is 23.0. The van der Waals surface area contributed by atoms with Crippen LogP contribution in [-0.2, 0) is 14.8 Å². The predicted molar refractivity (Wildman–Crippen MR) is 127 cm³/mol. The second-order valence-electron chi connectivity index (χ2n) is 8.52. The summed E-state index contributed by atoms with van der Waals surface area (Å²) in [5.74, 6) is -0.146. The second kappa shape index (κ2) is 11.7. The molecule has 10 nitrogen and oxygen atoms in total. The zero-order valence-corrected chi connectivity index (χ0v) is 21.1. The number of hydrogen-bond donors (Lipinski definition) is 2. The van der Waals surface area contributed by atoms with E-state index in [1.54, 1.807) is 39.3 Å². The van der Waals surface area contributed by atoms with Crippen LogP contribution in [0.25, 0.3) is 0 Å². The minimum Gasteiger partial charge on any atom is -0.491 e. The number of carbonyl (C=O) groups is 2. The fourth-order valence-electron chi connectivity index (χ4n) is 3.69. The molecule has 0 unspecified atom stereocenters. The van der Waals surface area contributed by atoms with Crippen molar-refractivity contribution in [3.8, 4) is 5.75 Å². The van der Waals surface area contributed by atoms with Gasteiger partial charge in [0.1, 0.15) is 12.4 Å². The van der Waals surface area contributed by atoms with Gasteiger partial charge < -0.3 is 25.0 Å². The van der Waals surface area contributed by atoms with Crippen LogP contribution in [0.3, 0.4) is 0 Å². The van der Waals surface area contributed by atoms with Gasteiger partial charge in [-0.25, -0.2) is 13.2 Å². The van der Waals surface area contributed by atoms with Crippen molar-refractivity contribution in [1.29, 1.82) is 0 Å². The van der Waals surface area contributed by atoms with E-state index in [9.17, 15) is 18.0 Å². The third-order valence-electron chi connectivity index (χ3n) is 5.61. The van der Waals surface area contributed by atoms with E-state index < -0.39 is 16.1 Å². The van der Waals surface area contributed by atoms with E-state index in [1.165, 1.54) is 15.5 Å². The van der Waals surface area contributed by atoms with Gasteiger partial charge in [0, 0.05) is 45.5 Å². The lowest BCUT2D eigenvalue weighted by Gasteiger charge is -2.34. The van der Waals surface area contributed by atoms with Gasteiger partial charge >= 0.3 is 6.03 Å². The van der Waals surface area contributed by atoms with Crippen molar-refractivity contribution in [2.24, 2.45) is 5.92 Å². The number of fused-ring (bicyclic) bond motifs is 1. The minimum atomic E-state index is -3.51. The van der Waals surface area contributed by atoms with E-state index in [2.05, 4.69) is 10.6 Å². The van der Waals surface area contributed by atoms with Crippen molar-refractivity contribution in [3.05, 3.63) is 23.8 Å². The molecule has 0 saturated carbocycles. The maximum atomic E-state index is 13.2. The highest BCUT2D eigenvalue weighted by Gasteiger charge is 2.31. The smallest absolute Gasteiger partial charge is 0.319 e. The molecule has 1 aromatic rings. The summed E-state index contributed by atoms with van der Waals surface area (Å²) >= 11 is 0. The molecule has 0 aromatic heterocycles. The Hall–Kier alpha value is -2.37. The number of benzene rings is 1. The summed E-state index contributed by atoms with van der Waals surface area (Å²) in [4.78, 5) is 26.8. The van der Waals surface area contributed by atoms with E-state index in [-0.39, 0.29) is 49.4 Å². The number of methoxy groups -OCH3 is 1. The third kappa shape index (κ3) is 7.31. The van der Waals surface area contributed by atoms with Crippen LogP contribution in [0.5, 0.6) is 5.75 Å². The monoisotopic (exact) mass is 484 g/mol. The highest BCUT2D eigenvalue weighted by Crippen LogP contribution is 2.27. The maximum absolute atomic E-state index is 13.2. The van der Waals surface area contributed by atoms with Crippen molar-refractivity contribution in [1.82, 2.24) is 14.5 Å². The SMILES string of the molecule is CCCNC(=O)Nc1ccc2c(c1)OC[C@H](C)N(S(C)(=O)=O)C[C@@H](C)[C@H](OC)CN(C)C2=O. The van der Waals surface area contributed by atoms with Gasteiger partial charge in [-0.3, -0.25) is 4.79 Å². The minimum absolute atomic E-state index is 0.0346. The molecule has 11 heteroatoms. The fourth-order valence-corrected chi connectivity index (χ4v) is 4.91. The highest BCUT2D eigenvalue weighted by molar-refractivity contribution is 7.88. The van der Waals surface area contributed by atoms with E-state index in [4.69, 9.17) is 9.47 Å². The first-order valence-electron chi connectivity index (χ1n) is 11.0. The molecule has 0 radical (unpaired) electrons. The molecule has 2 rings (SSSR count). The summed E-state index contributed by atoms with van der Waals surface area (Å²) in [6, 6.07) is 3.96. The maximum Gasteiger partial charge on any atom is 0.319 e. The van der Waals surface area contributed by atoms with Gasteiger partial charge in [-0.15, -0.1) is 0 Å². The molecule has 1 heterocycles. The number of nitrogens with one attached hydrogen (secondary N) is 2. The van der Waals surface area contributed by atoms with Crippen molar-refractivity contribution < 1.29 is 27.5 Å². The van der Waals surface area contributed by atoms with Crippen LogP contribution < -0.4 is 15.4 Å². The molecule has 1 aliphatic heterocycles. The number of sulfonamides is 1. The molecule has 186 valence electrons. The largest absolute Gasteiger partial charge is 0.491 e. The lowest BCUT2D eigenvalue weighted by Crippen LogP contribution is -2.48. The lowest BCUT2D eigenvalue weighted by molar-refractivity contribution is 0.0213. The van der Waals surface area contributed by atoms with E-state index in [0.29, 0.717) is 17.8 Å². The quantitative estimate of drug-likeness (QED) is 0.660. The molecule has 2 N–H and O–H groups in total. The predicted octanol–water partition coefficient (Wildman–Crippen LogP) is 1.98. The molecule has 0 fully saturated rings. The number of hydrogen-bond acceptors (Lipinski definition) is 6. The van der Waals surface area contributed by atoms with Crippen LogP contribution in [-0.4, -0.2) is 88.4 Å². The van der Waals surface area contributed by atoms with Gasteiger partial charge in [-0.2, -0.15) is 4.31 Å². The van der Waals surface area contributed by atoms with Gasteiger partial charge in [0.2, 0.25) is 10.0 Å². The average molecular weight is 485 g/mol. The number of anilines is 1. The summed E-state index contributed by atoms with van der Waals surface area (Å²) in [7, 11) is -0.293. The van der Waals surface area contributed by atoms with E-state index >= 15 is 0 Å². The number of rotatable bonds is 5. The van der Waals surface area contributed by atoms with Crippen molar-refractivity contribution in [2.45, 2.75) is 39.3 Å². The van der Waals surface area contributed by atoms with Crippen LogP contribution >= 0.6 is 0 Å². The Labute approximate surface area is 196 Å². The van der Waals surface area contributed by atoms with Gasteiger partial charge in [-0.1, -0.05) is 13.8 Å². The number of urea groups is 1. The topological polar surface area (TPSA) is 117 Å². The van der Waals surface area contributed by atoms with Crippen LogP contribution in [0.4, 0.5) is 10.5 Å². The summed E-state index contributed by atoms with van der Waals surface area (Å²) in [5.41, 5.74) is 0.777. The molecule has 0 spiro atoms. The van der Waals surface area contributed by atoms with Crippen LogP contribution in [0.2, 0.25) is 0 Å². The lowest BCUT2D eigenvalue weighted by atomic mass is 10.0. The zero-order chi connectivity index (χ0) is 24.8. The zero-order valence-electron chi connectivity index (χ0n) is 20.3. The molecule has 1 aromatic carbocycles. The third-order valence-corrected chi connectivity index (χ3v) is 6.97. The Balaban J connectivity index is 2.43. The molecule has 1 aliphatic rings. The molecular weight excluding hydrogens is 448 g/mol. The Kier molecular flexibility index (Phi) is 9.50.